The molecule has 52 heteroatoms. The minimum absolute atomic E-state index is 0.0168. The van der Waals surface area contributed by atoms with Gasteiger partial charge in [-0.2, -0.15) is 26.3 Å². The number of fused-ring (bicyclic) bond motifs is 6. The maximum Gasteiger partial charge on any atom is 0.220 e. The lowest BCUT2D eigenvalue weighted by Gasteiger charge is -2.27. The van der Waals surface area contributed by atoms with E-state index in [9.17, 15) is 87.6 Å². The summed E-state index contributed by atoms with van der Waals surface area (Å²) >= 11 is 33.7. The van der Waals surface area contributed by atoms with Gasteiger partial charge < -0.3 is 129 Å². The molecule has 7 aliphatic heterocycles. The number of aliphatic hydroxyl groups is 12. The number of hydrogen-bond donors (Lipinski definition) is 14. The highest BCUT2D eigenvalue weighted by molar-refractivity contribution is 14.1. The zero-order valence-corrected chi connectivity index (χ0v) is 89.2. The summed E-state index contributed by atoms with van der Waals surface area (Å²) in [5.74, 6) is 15.7. The summed E-state index contributed by atoms with van der Waals surface area (Å²) in [6.45, 7) is 14.6. The molecule has 7 fully saturated rings. The third-order valence-corrected chi connectivity index (χ3v) is 31.1. The molecule has 0 spiro atoms. The number of nitrogens with two attached hydrogens (primary N) is 2. The first kappa shape index (κ1) is 113. The van der Waals surface area contributed by atoms with Crippen molar-refractivity contribution in [2.24, 2.45) is 17.8 Å². The molecule has 0 saturated carbocycles. The van der Waals surface area contributed by atoms with Crippen molar-refractivity contribution < 1.29 is 94.4 Å². The van der Waals surface area contributed by atoms with Gasteiger partial charge in [-0.3, -0.25) is 4.57 Å². The van der Waals surface area contributed by atoms with Crippen molar-refractivity contribution in [1.82, 2.24) is 87.2 Å². The summed E-state index contributed by atoms with van der Waals surface area (Å²) in [5.41, 5.74) is 2.67. The van der Waals surface area contributed by atoms with Crippen LogP contribution in [0.5, 0.6) is 0 Å². The average Bonchev–Trinajstić information content (AvgIpc) is 1.61. The molecule has 0 amide bonds. The maximum absolute atomic E-state index is 11.0. The minimum atomic E-state index is -2.11. The lowest BCUT2D eigenvalue weighted by atomic mass is 9.86. The van der Waals surface area contributed by atoms with Crippen LogP contribution in [0.1, 0.15) is 126 Å². The zero-order chi connectivity index (χ0) is 109. The van der Waals surface area contributed by atoms with Crippen molar-refractivity contribution in [1.29, 1.82) is 26.3 Å². The summed E-state index contributed by atoms with van der Waals surface area (Å²) in [4.78, 5) is 48.1. The fourth-order valence-corrected chi connectivity index (χ4v) is 22.2. The number of anilines is 2. The van der Waals surface area contributed by atoms with Crippen molar-refractivity contribution in [2.75, 3.05) is 26.9 Å². The fraction of sp³-hybridized carbons (Fsp3) is 0.406. The van der Waals surface area contributed by atoms with E-state index in [1.807, 2.05) is 117 Å². The molecule has 16 N–H and O–H groups in total. The number of rotatable bonds is 12. The SMILES string of the molecule is C#C[C@@]1(O)[C@H](C)[C@@H](CC)O[C@H]1n1cc(C#N)c2c(Cl)ncnc21.C#C[C@@]1(O)[C@H](C)[C@@H](CC)O[C@H]1n1cc(I)c2c(Cl)ncnc21.C#C[C@@]1(O)[C@H](O)C(=C)O[C@H]1n1cc(C#N)c2c(N)ncnc21.C#C[C@@]1(O)[C@H](O)[C@@H](CI)O[C@H]1n1cc(C#N)c2c(Cl)ncnc21.C#C[C@@]1(O)[C@H](O)[C@@H](CI)O[C@H]1n1cc(C#N)c2c(N)ncnc21.C#C[C@@]1(O)[C@H](O)[C@@H](CO)O[C@H]1n1cc(C#N)c2c(Cl)ncnc21.C#C[C@]1(O)C(Br)O[C@H](CC)[C@H]1C. The Kier molecular flexibility index (Phi) is 34.7. The van der Waals surface area contributed by atoms with Gasteiger partial charge in [0.1, 0.15) is 165 Å². The van der Waals surface area contributed by atoms with Crippen molar-refractivity contribution in [3.05, 3.63) is 139 Å². The van der Waals surface area contributed by atoms with Crippen LogP contribution >= 0.6 is 130 Å². The Bertz CT molecular complexity index is 7160. The third kappa shape index (κ3) is 19.3. The highest BCUT2D eigenvalue weighted by Gasteiger charge is 2.61. The molecule has 19 heterocycles. The number of aliphatic hydroxyl groups excluding tert-OH is 5. The Morgan fingerprint density at radius 3 is 0.919 bits per heavy atom. The van der Waals surface area contributed by atoms with Crippen LogP contribution in [-0.2, 0) is 33.2 Å². The quantitative estimate of drug-likeness (QED) is 0.0254. The molecule has 27 atom stereocenters. The van der Waals surface area contributed by atoms with Crippen LogP contribution in [0.3, 0.4) is 0 Å². The van der Waals surface area contributed by atoms with E-state index in [0.29, 0.717) is 70.1 Å². The molecule has 12 aromatic rings. The van der Waals surface area contributed by atoms with E-state index in [1.54, 1.807) is 15.3 Å². The summed E-state index contributed by atoms with van der Waals surface area (Å²) in [7, 11) is 0. The molecule has 7 aliphatic rings. The van der Waals surface area contributed by atoms with Gasteiger partial charge in [0.05, 0.1) is 97.3 Å². The van der Waals surface area contributed by atoms with Crippen molar-refractivity contribution in [2.45, 2.75) is 203 Å². The molecule has 1 unspecified atom stereocenters. The summed E-state index contributed by atoms with van der Waals surface area (Å²) in [6.07, 6.45) is 42.6. The van der Waals surface area contributed by atoms with Gasteiger partial charge in [0, 0.05) is 67.4 Å². The van der Waals surface area contributed by atoms with Gasteiger partial charge >= 0.3 is 0 Å². The van der Waals surface area contributed by atoms with Gasteiger partial charge in [0.15, 0.2) is 75.9 Å². The lowest BCUT2D eigenvalue weighted by molar-refractivity contribution is -0.0718. The molecular weight excluding hydrogens is 2410 g/mol. The van der Waals surface area contributed by atoms with E-state index in [0.717, 1.165) is 21.8 Å². The number of terminal acetylenes is 7. The van der Waals surface area contributed by atoms with Crippen molar-refractivity contribution >= 4 is 208 Å². The summed E-state index contributed by atoms with van der Waals surface area (Å²) in [5, 5.41) is 173. The molecular formula is C96H87BrCl4I3N25O19. The van der Waals surface area contributed by atoms with Crippen LogP contribution < -0.4 is 11.5 Å². The molecule has 766 valence electrons. The second-order valence-corrected chi connectivity index (χ2v) is 39.4. The molecule has 148 heavy (non-hydrogen) atoms. The predicted molar refractivity (Wildman–Crippen MR) is 560 cm³/mol. The van der Waals surface area contributed by atoms with Gasteiger partial charge in [0.25, 0.3) is 0 Å². The lowest BCUT2D eigenvalue weighted by Crippen LogP contribution is -2.45. The predicted octanol–water partition coefficient (Wildman–Crippen LogP) is 6.96. The zero-order valence-electron chi connectivity index (χ0n) is 78.2. The fourth-order valence-electron chi connectivity index (χ4n) is 18.1. The van der Waals surface area contributed by atoms with Crippen LogP contribution in [0.25, 0.3) is 66.2 Å². The monoisotopic (exact) mass is 2490 g/mol. The van der Waals surface area contributed by atoms with Crippen LogP contribution in [0, 0.1) is 164 Å². The maximum atomic E-state index is 11.0. The Hall–Kier alpha value is -11.7. The summed E-state index contributed by atoms with van der Waals surface area (Å²) < 4.78 is 50.3. The number of alkyl halides is 3. The highest BCUT2D eigenvalue weighted by atomic mass is 127. The number of nitrogen functional groups attached to an aromatic ring is 2. The standard InChI is InChI=1S/C16H15ClN4O2.C15H15ClIN3O2.C14H10ClIN4O3.C14H11ClN4O4.C14H12IN5O3.C14H11N5O3.C9H13BrO2/c1-4-11-9(3)16(22,5-2)15(23-11)21-7-10(6-18)12-13(17)19-8-20-14(12)21;1-4-10-8(3)15(21,5-2)14(22-10)20-6-9(17)11-12(16)18-7-19-13(11)20;1-2-14(22)10(21)8(3-16)23-13(14)20-5-7(4-17)9-11(15)18-6-19-12(9)20;1-2-14(22)10(21)8(5-20)23-13(14)19-4-7(3-16)9-11(15)17-6-18-12(9)19;1-2-14(22)10(21)8(3-15)23-13(14)20-5-7(4-16)9-11(17)18-6-19-12(9)20;1-3-14(21)10(20)7(2)22-13(14)19-5-8(4-15)9-11(16)17-6-18-12(9)19;1-4-7-6(3)9(11,5-2)8(10)12-7/h2,7-9,11,15,22H,4H2,1,3H3;2,6-8,10,14,21H,4H2,1,3H3;1,5-6,8,10,13,21-22H,3H2;1,4,6,8,10,13,20-22H,5H2;1,5-6,8,10,13,21-22H,3H2,(H2,17,18,19);1,5-6,10,13,20-21H,2H2,(H2,16,17,18);2,6-8,11H,4H2,1,3H3/t9-,11-,15-,16-;8-,10-,14-,15-;3*8-,10-,13-,14-;10-,13-,14-;6-,7-,8?,9-/m1111111/s1. The highest BCUT2D eigenvalue weighted by Crippen LogP contribution is 2.51. The Balaban J connectivity index is 0.000000145. The first-order chi connectivity index (χ1) is 70.3. The molecule has 0 bridgehead atoms. The molecule has 19 rings (SSSR count). The number of halogens is 8. The smallest absolute Gasteiger partial charge is 0.220 e. The summed E-state index contributed by atoms with van der Waals surface area (Å²) in [6, 6.07) is 9.98. The Morgan fingerprint density at radius 2 is 0.628 bits per heavy atom. The van der Waals surface area contributed by atoms with Crippen LogP contribution in [0.4, 0.5) is 11.6 Å². The third-order valence-electron chi connectivity index (χ3n) is 26.5. The topological polar surface area (TPSA) is 663 Å². The number of ether oxygens (including phenoxy) is 7. The normalized spacial score (nSPS) is 31.4. The minimum Gasteiger partial charge on any atom is -0.468 e. The Morgan fingerprint density at radius 1 is 0.378 bits per heavy atom. The number of aromatic nitrogens is 18. The van der Waals surface area contributed by atoms with Crippen molar-refractivity contribution in [3.8, 4) is 117 Å². The number of nitriles is 5. The second-order valence-electron chi connectivity index (χ2n) is 34.2. The molecule has 12 aromatic heterocycles. The van der Waals surface area contributed by atoms with Gasteiger partial charge in [-0.05, 0) is 41.9 Å². The van der Waals surface area contributed by atoms with Crippen LogP contribution in [-0.4, -0.2) is 269 Å². The molecule has 7 saturated heterocycles. The van der Waals surface area contributed by atoms with E-state index in [1.165, 1.54) is 81.0 Å². The van der Waals surface area contributed by atoms with Gasteiger partial charge in [-0.25, -0.2) is 59.8 Å². The van der Waals surface area contributed by atoms with E-state index in [4.69, 9.17) is 136 Å². The van der Waals surface area contributed by atoms with Crippen molar-refractivity contribution in [3.63, 3.8) is 0 Å². The van der Waals surface area contributed by atoms with Crippen LogP contribution in [0.15, 0.2) is 87.5 Å². The Labute approximate surface area is 912 Å². The van der Waals surface area contributed by atoms with Crippen LogP contribution in [0.2, 0.25) is 20.6 Å². The number of hydrogen-bond acceptors (Lipinski definition) is 38. The van der Waals surface area contributed by atoms with E-state index >= 15 is 0 Å². The first-order valence-corrected chi connectivity index (χ1v) is 50.6. The van der Waals surface area contributed by atoms with E-state index < -0.39 is 131 Å². The first-order valence-electron chi connectivity index (χ1n) is 44.0. The molecule has 0 aromatic carbocycles. The van der Waals surface area contributed by atoms with E-state index in [-0.39, 0.29) is 108 Å². The molecule has 0 aliphatic carbocycles. The number of nitrogens with zero attached hydrogens (tertiary/aromatic N) is 23. The molecule has 44 nitrogen and oxygen atoms in total. The van der Waals surface area contributed by atoms with Gasteiger partial charge in [-0.15, -0.1) is 45.0 Å². The second kappa shape index (κ2) is 45.2. The van der Waals surface area contributed by atoms with E-state index in [2.05, 4.69) is 152 Å². The van der Waals surface area contributed by atoms with Gasteiger partial charge in [-0.1, -0.05) is 197 Å². The van der Waals surface area contributed by atoms with Gasteiger partial charge in [0.2, 0.25) is 11.8 Å². The average molecular weight is 2500 g/mol. The largest absolute Gasteiger partial charge is 0.468 e. The molecule has 0 radical (unpaired) electrons.